The number of carbonyl (C=O) groups is 1. The minimum absolute atomic E-state index is 0.142. The van der Waals surface area contributed by atoms with Crippen LogP contribution in [0.2, 0.25) is 0 Å². The molecule has 0 fully saturated rings. The Morgan fingerprint density at radius 2 is 2.08 bits per heavy atom. The fourth-order valence-electron chi connectivity index (χ4n) is 3.07. The van der Waals surface area contributed by atoms with Gasteiger partial charge in [-0.05, 0) is 48.9 Å². The molecule has 1 aliphatic rings. The van der Waals surface area contributed by atoms with Crippen LogP contribution in [-0.2, 0) is 19.4 Å². The maximum atomic E-state index is 12.2. The maximum absolute atomic E-state index is 12.2. The Hall–Kier alpha value is -2.56. The summed E-state index contributed by atoms with van der Waals surface area (Å²) in [7, 11) is 1.60. The zero-order chi connectivity index (χ0) is 16.8. The molecule has 0 spiro atoms. The Morgan fingerprint density at radius 1 is 1.25 bits per heavy atom. The van der Waals surface area contributed by atoms with Gasteiger partial charge in [-0.1, -0.05) is 24.3 Å². The number of ether oxygens (including phenoxy) is 1. The molecule has 1 unspecified atom stereocenters. The number of nitrogens with one attached hydrogen (secondary N) is 2. The highest BCUT2D eigenvalue weighted by Gasteiger charge is 2.18. The van der Waals surface area contributed by atoms with Crippen LogP contribution < -0.4 is 15.4 Å². The number of amides is 2. The summed E-state index contributed by atoms with van der Waals surface area (Å²) in [6.07, 6.45) is 5.73. The lowest BCUT2D eigenvalue weighted by molar-refractivity contribution is 0.235. The first kappa shape index (κ1) is 16.3. The van der Waals surface area contributed by atoms with Gasteiger partial charge in [-0.3, -0.25) is 4.98 Å². The van der Waals surface area contributed by atoms with E-state index in [4.69, 9.17) is 4.74 Å². The highest BCUT2D eigenvalue weighted by Crippen LogP contribution is 2.20. The first-order valence-corrected chi connectivity index (χ1v) is 8.34. The molecule has 2 aromatic rings. The second-order valence-corrected chi connectivity index (χ2v) is 6.08. The standard InChI is InChI=1S/C19H23N3O2/c1-24-18-10-9-17(20-13-18)12-21-19(23)22-16-8-4-7-14-5-2-3-6-15(14)11-16/h2-3,5-6,9-10,13,16H,4,7-8,11-12H2,1H3,(H2,21,22,23). The summed E-state index contributed by atoms with van der Waals surface area (Å²) in [5.74, 6) is 0.709. The number of hydrogen-bond acceptors (Lipinski definition) is 3. The van der Waals surface area contributed by atoms with E-state index in [2.05, 4.69) is 39.9 Å². The molecule has 1 aromatic heterocycles. The molecule has 2 N–H and O–H groups in total. The maximum Gasteiger partial charge on any atom is 0.315 e. The topological polar surface area (TPSA) is 63.2 Å². The van der Waals surface area contributed by atoms with E-state index in [1.54, 1.807) is 13.3 Å². The zero-order valence-electron chi connectivity index (χ0n) is 13.9. The number of aromatic nitrogens is 1. The third-order valence-electron chi connectivity index (χ3n) is 4.38. The van der Waals surface area contributed by atoms with Crippen LogP contribution in [-0.4, -0.2) is 24.2 Å². The summed E-state index contributed by atoms with van der Waals surface area (Å²) >= 11 is 0. The van der Waals surface area contributed by atoms with Crippen LogP contribution in [0.15, 0.2) is 42.6 Å². The van der Waals surface area contributed by atoms with Crippen molar-refractivity contribution in [3.63, 3.8) is 0 Å². The number of nitrogens with zero attached hydrogens (tertiary/aromatic N) is 1. The van der Waals surface area contributed by atoms with Crippen LogP contribution in [0, 0.1) is 0 Å². The second kappa shape index (κ2) is 7.81. The Morgan fingerprint density at radius 3 is 2.83 bits per heavy atom. The van der Waals surface area contributed by atoms with Crippen molar-refractivity contribution in [2.75, 3.05) is 7.11 Å². The molecule has 1 heterocycles. The average molecular weight is 325 g/mol. The minimum atomic E-state index is -0.142. The normalized spacial score (nSPS) is 16.6. The number of pyridine rings is 1. The number of fused-ring (bicyclic) bond motifs is 1. The Labute approximate surface area is 142 Å². The van der Waals surface area contributed by atoms with Gasteiger partial charge in [0.15, 0.2) is 0 Å². The van der Waals surface area contributed by atoms with Gasteiger partial charge in [0.2, 0.25) is 0 Å². The van der Waals surface area contributed by atoms with Crippen LogP contribution in [0.3, 0.4) is 0 Å². The van der Waals surface area contributed by atoms with Crippen molar-refractivity contribution in [2.45, 2.75) is 38.3 Å². The lowest BCUT2D eigenvalue weighted by Gasteiger charge is -2.17. The summed E-state index contributed by atoms with van der Waals surface area (Å²) in [5, 5.41) is 5.96. The SMILES string of the molecule is COc1ccc(CNC(=O)NC2CCCc3ccccc3C2)nc1. The summed E-state index contributed by atoms with van der Waals surface area (Å²) < 4.78 is 5.07. The third kappa shape index (κ3) is 4.25. The molecule has 5 heteroatoms. The lowest BCUT2D eigenvalue weighted by atomic mass is 10.0. The number of urea groups is 1. The van der Waals surface area contributed by atoms with E-state index in [-0.39, 0.29) is 12.1 Å². The van der Waals surface area contributed by atoms with Crippen molar-refractivity contribution in [2.24, 2.45) is 0 Å². The van der Waals surface area contributed by atoms with Crippen molar-refractivity contribution >= 4 is 6.03 Å². The third-order valence-corrected chi connectivity index (χ3v) is 4.38. The van der Waals surface area contributed by atoms with Gasteiger partial charge in [0.05, 0.1) is 25.5 Å². The predicted molar refractivity (Wildman–Crippen MR) is 93.0 cm³/mol. The van der Waals surface area contributed by atoms with E-state index in [0.717, 1.165) is 31.4 Å². The summed E-state index contributed by atoms with van der Waals surface area (Å²) in [6.45, 7) is 0.402. The van der Waals surface area contributed by atoms with Crippen molar-refractivity contribution in [3.8, 4) is 5.75 Å². The molecule has 24 heavy (non-hydrogen) atoms. The largest absolute Gasteiger partial charge is 0.495 e. The van der Waals surface area contributed by atoms with Gasteiger partial charge in [0.1, 0.15) is 5.75 Å². The van der Waals surface area contributed by atoms with Gasteiger partial charge >= 0.3 is 6.03 Å². The second-order valence-electron chi connectivity index (χ2n) is 6.08. The van der Waals surface area contributed by atoms with E-state index in [0.29, 0.717) is 12.3 Å². The molecule has 0 aliphatic heterocycles. The van der Waals surface area contributed by atoms with Gasteiger partial charge in [0.25, 0.3) is 0 Å². The van der Waals surface area contributed by atoms with Crippen LogP contribution in [0.1, 0.15) is 29.7 Å². The van der Waals surface area contributed by atoms with Crippen molar-refractivity contribution < 1.29 is 9.53 Å². The fraction of sp³-hybridized carbons (Fsp3) is 0.368. The summed E-state index contributed by atoms with van der Waals surface area (Å²) in [4.78, 5) is 16.4. The van der Waals surface area contributed by atoms with Crippen LogP contribution in [0.25, 0.3) is 0 Å². The van der Waals surface area contributed by atoms with Gasteiger partial charge in [-0.2, -0.15) is 0 Å². The van der Waals surface area contributed by atoms with Gasteiger partial charge in [0, 0.05) is 6.04 Å². The molecule has 5 nitrogen and oxygen atoms in total. The number of benzene rings is 1. The lowest BCUT2D eigenvalue weighted by Crippen LogP contribution is -2.42. The van der Waals surface area contributed by atoms with Crippen LogP contribution in [0.4, 0.5) is 4.79 Å². The molecule has 0 radical (unpaired) electrons. The molecular weight excluding hydrogens is 302 g/mol. The van der Waals surface area contributed by atoms with E-state index in [9.17, 15) is 4.79 Å². The number of aryl methyl sites for hydroxylation is 1. The smallest absolute Gasteiger partial charge is 0.315 e. The molecule has 1 aliphatic carbocycles. The molecule has 0 saturated heterocycles. The Balaban J connectivity index is 1.51. The minimum Gasteiger partial charge on any atom is -0.495 e. The van der Waals surface area contributed by atoms with Crippen molar-refractivity contribution in [1.29, 1.82) is 0 Å². The summed E-state index contributed by atoms with van der Waals surface area (Å²) in [5.41, 5.74) is 3.55. The molecular formula is C19H23N3O2. The van der Waals surface area contributed by atoms with Gasteiger partial charge in [-0.25, -0.2) is 4.79 Å². The molecule has 126 valence electrons. The van der Waals surface area contributed by atoms with E-state index in [1.807, 2.05) is 12.1 Å². The van der Waals surface area contributed by atoms with Gasteiger partial charge < -0.3 is 15.4 Å². The molecule has 0 saturated carbocycles. The van der Waals surface area contributed by atoms with E-state index < -0.39 is 0 Å². The van der Waals surface area contributed by atoms with E-state index >= 15 is 0 Å². The number of rotatable bonds is 4. The molecule has 1 aromatic carbocycles. The molecule has 0 bridgehead atoms. The van der Waals surface area contributed by atoms with Crippen LogP contribution in [0.5, 0.6) is 5.75 Å². The molecule has 3 rings (SSSR count). The highest BCUT2D eigenvalue weighted by atomic mass is 16.5. The predicted octanol–water partition coefficient (Wildman–Crippen LogP) is 2.84. The average Bonchev–Trinajstić information content (AvgIpc) is 2.82. The Bertz CT molecular complexity index is 685. The quantitative estimate of drug-likeness (QED) is 0.850. The zero-order valence-corrected chi connectivity index (χ0v) is 13.9. The van der Waals surface area contributed by atoms with Gasteiger partial charge in [-0.15, -0.1) is 0 Å². The molecule has 2 amide bonds. The van der Waals surface area contributed by atoms with Crippen molar-refractivity contribution in [1.82, 2.24) is 15.6 Å². The number of carbonyl (C=O) groups excluding carboxylic acids is 1. The van der Waals surface area contributed by atoms with Crippen molar-refractivity contribution in [3.05, 3.63) is 59.4 Å². The highest BCUT2D eigenvalue weighted by molar-refractivity contribution is 5.74. The first-order chi connectivity index (χ1) is 11.7. The molecule has 1 atom stereocenters. The summed E-state index contributed by atoms with van der Waals surface area (Å²) in [6, 6.07) is 12.2. The van der Waals surface area contributed by atoms with E-state index in [1.165, 1.54) is 11.1 Å². The first-order valence-electron chi connectivity index (χ1n) is 8.34. The fourth-order valence-corrected chi connectivity index (χ4v) is 3.07. The number of methoxy groups -OCH3 is 1. The monoisotopic (exact) mass is 325 g/mol. The number of hydrogen-bond donors (Lipinski definition) is 2. The Kier molecular flexibility index (Phi) is 5.31. The van der Waals surface area contributed by atoms with Crippen LogP contribution >= 0.6 is 0 Å².